The van der Waals surface area contributed by atoms with Crippen molar-refractivity contribution >= 4 is 46.2 Å². The normalized spacial score (nSPS) is 18.8. The molecule has 5 nitrogen and oxygen atoms in total. The first-order valence-corrected chi connectivity index (χ1v) is 9.05. The minimum Gasteiger partial charge on any atom is -0.454 e. The Morgan fingerprint density at radius 3 is 2.71 bits per heavy atom. The van der Waals surface area contributed by atoms with E-state index in [1.807, 2.05) is 0 Å². The lowest BCUT2D eigenvalue weighted by atomic mass is 10.2. The summed E-state index contributed by atoms with van der Waals surface area (Å²) in [5.74, 6) is 0.710. The van der Waals surface area contributed by atoms with E-state index in [4.69, 9.17) is 21.1 Å². The Morgan fingerprint density at radius 1 is 1.14 bits per heavy atom. The molecule has 0 aromatic heterocycles. The van der Waals surface area contributed by atoms with Crippen molar-refractivity contribution in [1.29, 1.82) is 0 Å². The lowest BCUT2D eigenvalue weighted by Crippen LogP contribution is -2.19. The molecule has 0 spiro atoms. The van der Waals surface area contributed by atoms with Crippen LogP contribution in [0.3, 0.4) is 0 Å². The predicted molar refractivity (Wildman–Crippen MR) is 99.8 cm³/mol. The molecule has 28 heavy (non-hydrogen) atoms. The Labute approximate surface area is 166 Å². The number of thioether (sulfide) groups is 1. The number of aliphatic imine (C=N–C) groups is 1. The van der Waals surface area contributed by atoms with Crippen LogP contribution in [-0.4, -0.2) is 17.9 Å². The molecule has 2 aliphatic rings. The van der Waals surface area contributed by atoms with Gasteiger partial charge in [-0.05, 0) is 53.7 Å². The van der Waals surface area contributed by atoms with Crippen molar-refractivity contribution in [3.05, 3.63) is 57.5 Å². The van der Waals surface area contributed by atoms with Gasteiger partial charge in [-0.25, -0.2) is 4.99 Å². The molecule has 10 heteroatoms. The smallest absolute Gasteiger partial charge is 0.418 e. The van der Waals surface area contributed by atoms with Crippen molar-refractivity contribution < 1.29 is 27.4 Å². The Hall–Kier alpha value is -2.65. The van der Waals surface area contributed by atoms with Crippen LogP contribution in [0.1, 0.15) is 11.1 Å². The quantitative estimate of drug-likeness (QED) is 0.688. The fraction of sp³-hybridized carbons (Fsp3) is 0.111. The van der Waals surface area contributed by atoms with Crippen LogP contribution in [-0.2, 0) is 11.0 Å². The number of hydrogen-bond acceptors (Lipinski definition) is 5. The number of nitrogens with one attached hydrogen (secondary N) is 1. The van der Waals surface area contributed by atoms with Gasteiger partial charge in [-0.1, -0.05) is 17.7 Å². The zero-order chi connectivity index (χ0) is 19.9. The molecule has 0 radical (unpaired) electrons. The van der Waals surface area contributed by atoms with Gasteiger partial charge >= 0.3 is 6.18 Å². The van der Waals surface area contributed by atoms with Crippen molar-refractivity contribution in [1.82, 2.24) is 5.32 Å². The molecule has 1 saturated heterocycles. The van der Waals surface area contributed by atoms with Crippen LogP contribution >= 0.6 is 23.4 Å². The van der Waals surface area contributed by atoms with Crippen molar-refractivity contribution in [2.24, 2.45) is 4.99 Å². The summed E-state index contributed by atoms with van der Waals surface area (Å²) in [6.45, 7) is 0.129. The minimum atomic E-state index is -4.62. The van der Waals surface area contributed by atoms with Crippen molar-refractivity contribution in [3.63, 3.8) is 0 Å². The number of halogens is 4. The number of alkyl halides is 3. The van der Waals surface area contributed by atoms with Crippen LogP contribution in [0.2, 0.25) is 5.02 Å². The summed E-state index contributed by atoms with van der Waals surface area (Å²) < 4.78 is 50.1. The highest BCUT2D eigenvalue weighted by atomic mass is 35.5. The third kappa shape index (κ3) is 3.81. The third-order valence-electron chi connectivity index (χ3n) is 3.83. The van der Waals surface area contributed by atoms with Gasteiger partial charge in [-0.3, -0.25) is 4.79 Å². The zero-order valence-electron chi connectivity index (χ0n) is 13.8. The van der Waals surface area contributed by atoms with E-state index in [0.29, 0.717) is 22.0 Å². The molecule has 1 N–H and O–H groups in total. The number of benzene rings is 2. The number of carbonyl (C=O) groups excluding carboxylic acids is 1. The number of ether oxygens (including phenoxy) is 2. The number of fused-ring (bicyclic) bond motifs is 1. The summed E-state index contributed by atoms with van der Waals surface area (Å²) >= 11 is 6.61. The maximum absolute atomic E-state index is 13.2. The number of amides is 1. The van der Waals surface area contributed by atoms with E-state index in [1.54, 1.807) is 24.3 Å². The third-order valence-corrected chi connectivity index (χ3v) is 4.98. The second-order valence-electron chi connectivity index (χ2n) is 5.75. The van der Waals surface area contributed by atoms with Gasteiger partial charge in [0.15, 0.2) is 16.7 Å². The van der Waals surface area contributed by atoms with Gasteiger partial charge in [0.2, 0.25) is 6.79 Å². The summed E-state index contributed by atoms with van der Waals surface area (Å²) in [7, 11) is 0. The van der Waals surface area contributed by atoms with E-state index in [-0.39, 0.29) is 22.7 Å². The summed E-state index contributed by atoms with van der Waals surface area (Å²) in [6, 6.07) is 8.42. The van der Waals surface area contributed by atoms with Crippen LogP contribution in [0, 0.1) is 0 Å². The number of carbonyl (C=O) groups is 1. The monoisotopic (exact) mass is 426 g/mol. The fourth-order valence-corrected chi connectivity index (χ4v) is 3.58. The number of nitrogens with zero attached hydrogens (tertiary/aromatic N) is 1. The van der Waals surface area contributed by atoms with Gasteiger partial charge in [0, 0.05) is 5.02 Å². The van der Waals surface area contributed by atoms with E-state index < -0.39 is 17.6 Å². The average Bonchev–Trinajstić information content (AvgIpc) is 3.22. The Bertz CT molecular complexity index is 1040. The summed E-state index contributed by atoms with van der Waals surface area (Å²) in [4.78, 5) is 16.4. The topological polar surface area (TPSA) is 59.9 Å². The molecular formula is C18H10ClF3N2O3S. The maximum atomic E-state index is 13.2. The molecule has 2 aromatic carbocycles. The van der Waals surface area contributed by atoms with Gasteiger partial charge in [0.05, 0.1) is 16.2 Å². The summed E-state index contributed by atoms with van der Waals surface area (Å²) in [5.41, 5.74) is -0.620. The second-order valence-corrected chi connectivity index (χ2v) is 7.22. The van der Waals surface area contributed by atoms with Crippen LogP contribution in [0.4, 0.5) is 18.9 Å². The maximum Gasteiger partial charge on any atom is 0.418 e. The molecule has 1 amide bonds. The predicted octanol–water partition coefficient (Wildman–Crippen LogP) is 4.98. The molecule has 0 aliphatic carbocycles. The van der Waals surface area contributed by atoms with Crippen molar-refractivity contribution in [2.75, 3.05) is 6.79 Å². The van der Waals surface area contributed by atoms with E-state index in [0.717, 1.165) is 23.9 Å². The molecule has 0 saturated carbocycles. The van der Waals surface area contributed by atoms with Gasteiger partial charge in [-0.15, -0.1) is 0 Å². The van der Waals surface area contributed by atoms with Crippen LogP contribution < -0.4 is 14.8 Å². The van der Waals surface area contributed by atoms with Crippen molar-refractivity contribution in [2.45, 2.75) is 6.18 Å². The molecule has 144 valence electrons. The van der Waals surface area contributed by atoms with Gasteiger partial charge in [0.1, 0.15) is 0 Å². The zero-order valence-corrected chi connectivity index (χ0v) is 15.4. The summed E-state index contributed by atoms with van der Waals surface area (Å²) in [5, 5.41) is 2.46. The van der Waals surface area contributed by atoms with Gasteiger partial charge in [-0.2, -0.15) is 13.2 Å². The van der Waals surface area contributed by atoms with Crippen LogP contribution in [0.5, 0.6) is 11.5 Å². The van der Waals surface area contributed by atoms with Gasteiger partial charge < -0.3 is 14.8 Å². The molecule has 0 atom stereocenters. The van der Waals surface area contributed by atoms with Crippen molar-refractivity contribution in [3.8, 4) is 11.5 Å². The standard InChI is InChI=1S/C18H10ClF3N2O3S/c19-10-2-3-12(11(7-10)18(20,21)22)23-17-24-16(25)15(28-17)6-9-1-4-13-14(5-9)27-8-26-13/h1-7H,8H2,(H,23,24,25)/b15-6-. The Kier molecular flexibility index (Phi) is 4.72. The van der Waals surface area contributed by atoms with E-state index in [9.17, 15) is 18.0 Å². The van der Waals surface area contributed by atoms with E-state index in [1.165, 1.54) is 6.07 Å². The number of rotatable bonds is 2. The lowest BCUT2D eigenvalue weighted by Gasteiger charge is -2.10. The SMILES string of the molecule is O=C1NC(=Nc2ccc(Cl)cc2C(F)(F)F)S/C1=C\c1ccc2c(c1)OCO2. The molecule has 0 unspecified atom stereocenters. The average molecular weight is 427 g/mol. The first-order valence-electron chi connectivity index (χ1n) is 7.85. The summed E-state index contributed by atoms with van der Waals surface area (Å²) in [6.07, 6.45) is -3.03. The van der Waals surface area contributed by atoms with Crippen LogP contribution in [0.25, 0.3) is 6.08 Å². The second kappa shape index (κ2) is 7.06. The molecular weight excluding hydrogens is 417 g/mol. The first-order chi connectivity index (χ1) is 13.3. The number of hydrogen-bond donors (Lipinski definition) is 1. The fourth-order valence-electron chi connectivity index (χ4n) is 2.58. The molecule has 4 rings (SSSR count). The molecule has 0 bridgehead atoms. The van der Waals surface area contributed by atoms with Gasteiger partial charge in [0.25, 0.3) is 5.91 Å². The largest absolute Gasteiger partial charge is 0.454 e. The highest BCUT2D eigenvalue weighted by Crippen LogP contribution is 2.39. The highest BCUT2D eigenvalue weighted by Gasteiger charge is 2.34. The van der Waals surface area contributed by atoms with Crippen LogP contribution in [0.15, 0.2) is 46.3 Å². The Balaban J connectivity index is 1.62. The highest BCUT2D eigenvalue weighted by molar-refractivity contribution is 8.18. The number of amidine groups is 1. The molecule has 1 fully saturated rings. The molecule has 2 heterocycles. The van der Waals surface area contributed by atoms with E-state index >= 15 is 0 Å². The minimum absolute atomic E-state index is 0.0461. The lowest BCUT2D eigenvalue weighted by molar-refractivity contribution is -0.137. The molecule has 2 aliphatic heterocycles. The van der Waals surface area contributed by atoms with E-state index in [2.05, 4.69) is 10.3 Å². The first kappa shape index (κ1) is 18.7. The Morgan fingerprint density at radius 2 is 1.93 bits per heavy atom. The molecule has 2 aromatic rings.